The molecule has 0 saturated heterocycles. The highest BCUT2D eigenvalue weighted by Gasteiger charge is 2.30. The molecular weight excluding hydrogens is 368 g/mol. The molecule has 0 atom stereocenters. The number of anilines is 1. The lowest BCUT2D eigenvalue weighted by Gasteiger charge is -2.13. The van der Waals surface area contributed by atoms with E-state index in [-0.39, 0.29) is 4.90 Å². The monoisotopic (exact) mass is 390 g/mol. The predicted octanol–water partition coefficient (Wildman–Crippen LogP) is 5.05. The molecule has 2 aromatic heterocycles. The van der Waals surface area contributed by atoms with E-state index >= 15 is 0 Å². The van der Waals surface area contributed by atoms with Gasteiger partial charge in [0.05, 0.1) is 16.9 Å². The molecule has 0 aliphatic rings. The van der Waals surface area contributed by atoms with Crippen LogP contribution in [0.1, 0.15) is 32.1 Å². The Morgan fingerprint density at radius 3 is 2.35 bits per heavy atom. The molecule has 2 heterocycles. The van der Waals surface area contributed by atoms with Crippen LogP contribution in [-0.2, 0) is 10.0 Å². The molecule has 0 fully saturated rings. The Bertz CT molecular complexity index is 1090. The topological polar surface area (TPSA) is 72.2 Å². The van der Waals surface area contributed by atoms with Gasteiger partial charge in [-0.15, -0.1) is 11.3 Å². The minimum absolute atomic E-state index is 0.264. The van der Waals surface area contributed by atoms with Crippen LogP contribution in [0.15, 0.2) is 27.6 Å². The third-order valence-corrected chi connectivity index (χ3v) is 7.18. The quantitative estimate of drug-likeness (QED) is 0.676. The SMILES string of the molecule is Cc1ccc(C)c(NS(=O)(=O)c2c(C)sc(C)c2-c2onc(C)c2C)c1. The highest BCUT2D eigenvalue weighted by molar-refractivity contribution is 7.93. The minimum Gasteiger partial charge on any atom is -0.356 e. The number of thiophene rings is 1. The fraction of sp³-hybridized carbons (Fsp3) is 0.316. The summed E-state index contributed by atoms with van der Waals surface area (Å²) in [6, 6.07) is 5.70. The Labute approximate surface area is 158 Å². The Morgan fingerprint density at radius 2 is 1.73 bits per heavy atom. The molecule has 0 amide bonds. The summed E-state index contributed by atoms with van der Waals surface area (Å²) in [6.45, 7) is 11.3. The number of aromatic nitrogens is 1. The van der Waals surface area contributed by atoms with Crippen molar-refractivity contribution in [2.24, 2.45) is 0 Å². The third kappa shape index (κ3) is 3.17. The van der Waals surface area contributed by atoms with Crippen LogP contribution >= 0.6 is 11.3 Å². The van der Waals surface area contributed by atoms with Gasteiger partial charge in [0.15, 0.2) is 5.76 Å². The molecule has 3 aromatic rings. The van der Waals surface area contributed by atoms with Gasteiger partial charge in [-0.1, -0.05) is 17.3 Å². The van der Waals surface area contributed by atoms with Gasteiger partial charge < -0.3 is 4.52 Å². The number of sulfonamides is 1. The van der Waals surface area contributed by atoms with Gasteiger partial charge in [-0.2, -0.15) is 0 Å². The van der Waals surface area contributed by atoms with E-state index in [0.717, 1.165) is 32.1 Å². The zero-order chi connectivity index (χ0) is 19.2. The lowest BCUT2D eigenvalue weighted by atomic mass is 10.1. The van der Waals surface area contributed by atoms with Crippen LogP contribution in [0.5, 0.6) is 0 Å². The second kappa shape index (κ2) is 6.55. The first kappa shape index (κ1) is 18.7. The van der Waals surface area contributed by atoms with E-state index in [4.69, 9.17) is 4.52 Å². The summed E-state index contributed by atoms with van der Waals surface area (Å²) in [5.41, 5.74) is 4.67. The molecule has 0 bridgehead atoms. The number of nitrogens with one attached hydrogen (secondary N) is 1. The van der Waals surface area contributed by atoms with Gasteiger partial charge in [-0.25, -0.2) is 8.42 Å². The largest absolute Gasteiger partial charge is 0.356 e. The summed E-state index contributed by atoms with van der Waals surface area (Å²) in [5, 5.41) is 3.99. The summed E-state index contributed by atoms with van der Waals surface area (Å²) in [5.74, 6) is 0.519. The van der Waals surface area contributed by atoms with Crippen molar-refractivity contribution in [2.45, 2.75) is 46.4 Å². The fourth-order valence-corrected chi connectivity index (χ4v) is 5.91. The molecule has 138 valence electrons. The first-order chi connectivity index (χ1) is 12.1. The molecule has 0 spiro atoms. The molecule has 26 heavy (non-hydrogen) atoms. The molecule has 1 N–H and O–H groups in total. The highest BCUT2D eigenvalue weighted by atomic mass is 32.2. The maximum Gasteiger partial charge on any atom is 0.263 e. The van der Waals surface area contributed by atoms with Gasteiger partial charge in [0, 0.05) is 15.3 Å². The molecule has 0 aliphatic carbocycles. The van der Waals surface area contributed by atoms with Crippen LogP contribution in [0.2, 0.25) is 0 Å². The fourth-order valence-electron chi connectivity index (χ4n) is 2.94. The van der Waals surface area contributed by atoms with Gasteiger partial charge in [-0.3, -0.25) is 4.72 Å². The normalized spacial score (nSPS) is 11.8. The summed E-state index contributed by atoms with van der Waals surface area (Å²) >= 11 is 1.45. The van der Waals surface area contributed by atoms with Crippen LogP contribution in [0, 0.1) is 41.5 Å². The molecule has 1 aromatic carbocycles. The van der Waals surface area contributed by atoms with Gasteiger partial charge in [0.2, 0.25) is 0 Å². The molecule has 0 aliphatic heterocycles. The average Bonchev–Trinajstić information content (AvgIpc) is 3.02. The van der Waals surface area contributed by atoms with Crippen molar-refractivity contribution >= 4 is 27.0 Å². The van der Waals surface area contributed by atoms with Crippen LogP contribution < -0.4 is 4.72 Å². The zero-order valence-electron chi connectivity index (χ0n) is 15.7. The van der Waals surface area contributed by atoms with E-state index in [1.54, 1.807) is 0 Å². The lowest BCUT2D eigenvalue weighted by molar-refractivity contribution is 0.426. The minimum atomic E-state index is -3.78. The maximum absolute atomic E-state index is 13.2. The Morgan fingerprint density at radius 1 is 1.04 bits per heavy atom. The van der Waals surface area contributed by atoms with Crippen LogP contribution in [0.4, 0.5) is 5.69 Å². The van der Waals surface area contributed by atoms with Crippen molar-refractivity contribution < 1.29 is 12.9 Å². The number of hydrogen-bond acceptors (Lipinski definition) is 5. The summed E-state index contributed by atoms with van der Waals surface area (Å²) < 4.78 is 34.7. The first-order valence-electron chi connectivity index (χ1n) is 8.25. The number of rotatable bonds is 4. The van der Waals surface area contributed by atoms with Crippen molar-refractivity contribution in [3.63, 3.8) is 0 Å². The zero-order valence-corrected chi connectivity index (χ0v) is 17.4. The van der Waals surface area contributed by atoms with E-state index in [9.17, 15) is 8.42 Å². The van der Waals surface area contributed by atoms with E-state index < -0.39 is 10.0 Å². The second-order valence-electron chi connectivity index (χ2n) is 6.56. The van der Waals surface area contributed by atoms with Crippen LogP contribution in [-0.4, -0.2) is 13.6 Å². The summed E-state index contributed by atoms with van der Waals surface area (Å²) in [6.07, 6.45) is 0. The molecule has 0 unspecified atom stereocenters. The lowest BCUT2D eigenvalue weighted by Crippen LogP contribution is -2.15. The van der Waals surface area contributed by atoms with Crippen molar-refractivity contribution in [2.75, 3.05) is 4.72 Å². The van der Waals surface area contributed by atoms with E-state index in [0.29, 0.717) is 17.0 Å². The van der Waals surface area contributed by atoms with E-state index in [2.05, 4.69) is 9.88 Å². The molecule has 3 rings (SSSR count). The summed E-state index contributed by atoms with van der Waals surface area (Å²) in [7, 11) is -3.78. The van der Waals surface area contributed by atoms with E-state index in [1.807, 2.05) is 59.7 Å². The number of aryl methyl sites for hydroxylation is 5. The Kier molecular flexibility index (Phi) is 4.71. The van der Waals surface area contributed by atoms with Crippen LogP contribution in [0.25, 0.3) is 11.3 Å². The molecular formula is C19H22N2O3S2. The van der Waals surface area contributed by atoms with Crippen molar-refractivity contribution in [3.05, 3.63) is 50.3 Å². The smallest absolute Gasteiger partial charge is 0.263 e. The van der Waals surface area contributed by atoms with Crippen molar-refractivity contribution in [1.29, 1.82) is 0 Å². The van der Waals surface area contributed by atoms with Crippen molar-refractivity contribution in [3.8, 4) is 11.3 Å². The van der Waals surface area contributed by atoms with Gasteiger partial charge in [0.1, 0.15) is 4.90 Å². The maximum atomic E-state index is 13.2. The van der Waals surface area contributed by atoms with Gasteiger partial charge in [-0.05, 0) is 58.7 Å². The Hall–Kier alpha value is -2.12. The average molecular weight is 391 g/mol. The van der Waals surface area contributed by atoms with E-state index in [1.165, 1.54) is 11.3 Å². The molecule has 7 heteroatoms. The second-order valence-corrected chi connectivity index (χ2v) is 9.61. The Balaban J connectivity index is 2.17. The molecule has 0 radical (unpaired) electrons. The molecule has 5 nitrogen and oxygen atoms in total. The number of hydrogen-bond donors (Lipinski definition) is 1. The van der Waals surface area contributed by atoms with Gasteiger partial charge in [0.25, 0.3) is 10.0 Å². The molecule has 0 saturated carbocycles. The van der Waals surface area contributed by atoms with Crippen LogP contribution in [0.3, 0.4) is 0 Å². The predicted molar refractivity (Wildman–Crippen MR) is 105 cm³/mol. The first-order valence-corrected chi connectivity index (χ1v) is 10.5. The highest BCUT2D eigenvalue weighted by Crippen LogP contribution is 2.41. The number of nitrogens with zero attached hydrogens (tertiary/aromatic N) is 1. The summed E-state index contributed by atoms with van der Waals surface area (Å²) in [4.78, 5) is 1.88. The van der Waals surface area contributed by atoms with Gasteiger partial charge >= 0.3 is 0 Å². The number of benzene rings is 1. The third-order valence-electron chi connectivity index (χ3n) is 4.50. The van der Waals surface area contributed by atoms with Crippen molar-refractivity contribution in [1.82, 2.24) is 5.16 Å². The standard InChI is InChI=1S/C19H22N2O3S2/c1-10-7-8-11(2)16(9-10)21-26(22,23)19-15(6)25-14(5)17(19)18-12(3)13(4)20-24-18/h7-9,21H,1-6H3.